The molecule has 0 N–H and O–H groups in total. The summed E-state index contributed by atoms with van der Waals surface area (Å²) in [4.78, 5) is 11.9. The molecule has 1 aromatic rings. The molecular weight excluding hydrogens is 168 g/mol. The molecule has 64 valence electrons. The monoisotopic (exact) mass is 180 g/mol. The average molecular weight is 180 g/mol. The number of thioether (sulfide) groups is 1. The van der Waals surface area contributed by atoms with Gasteiger partial charge < -0.3 is 0 Å². The van der Waals surface area contributed by atoms with E-state index in [0.29, 0.717) is 0 Å². The van der Waals surface area contributed by atoms with E-state index in [1.54, 1.807) is 6.92 Å². The van der Waals surface area contributed by atoms with Crippen molar-refractivity contribution in [2.75, 3.05) is 0 Å². The lowest BCUT2D eigenvalue weighted by Gasteiger charge is -2.03. The van der Waals surface area contributed by atoms with E-state index < -0.39 is 0 Å². The van der Waals surface area contributed by atoms with Crippen molar-refractivity contribution in [3.8, 4) is 0 Å². The summed E-state index contributed by atoms with van der Waals surface area (Å²) in [5, 5.41) is 0.149. The first-order valence-corrected chi connectivity index (χ1v) is 4.82. The van der Waals surface area contributed by atoms with Crippen molar-refractivity contribution in [2.45, 2.75) is 25.2 Å². The van der Waals surface area contributed by atoms with E-state index >= 15 is 0 Å². The second-order valence-corrected chi connectivity index (χ2v) is 3.77. The van der Waals surface area contributed by atoms with Gasteiger partial charge in [0.25, 0.3) is 0 Å². The fraction of sp³-hybridized carbons (Fsp3) is 0.300. The van der Waals surface area contributed by atoms with Gasteiger partial charge in [0.2, 0.25) is 0 Å². The fourth-order valence-electron chi connectivity index (χ4n) is 1.05. The highest BCUT2D eigenvalue weighted by Crippen LogP contribution is 2.23. The van der Waals surface area contributed by atoms with Crippen molar-refractivity contribution in [3.63, 3.8) is 0 Å². The zero-order valence-corrected chi connectivity index (χ0v) is 8.15. The number of hydrogen-bond acceptors (Lipinski definition) is 2. The van der Waals surface area contributed by atoms with Crippen molar-refractivity contribution in [1.29, 1.82) is 0 Å². The Kier molecular flexibility index (Phi) is 3.35. The third kappa shape index (κ3) is 2.38. The third-order valence-electron chi connectivity index (χ3n) is 1.61. The molecule has 0 heterocycles. The van der Waals surface area contributed by atoms with Crippen molar-refractivity contribution in [2.24, 2.45) is 0 Å². The van der Waals surface area contributed by atoms with E-state index in [4.69, 9.17) is 0 Å². The van der Waals surface area contributed by atoms with Gasteiger partial charge in [-0.1, -0.05) is 36.9 Å². The molecule has 0 bridgehead atoms. The Bertz CT molecular complexity index is 281. The van der Waals surface area contributed by atoms with Crippen LogP contribution in [0.1, 0.15) is 19.4 Å². The van der Waals surface area contributed by atoms with E-state index in [9.17, 15) is 4.79 Å². The molecule has 12 heavy (non-hydrogen) atoms. The lowest BCUT2D eigenvalue weighted by molar-refractivity contribution is -0.109. The summed E-state index contributed by atoms with van der Waals surface area (Å²) in [5.74, 6) is 0. The van der Waals surface area contributed by atoms with E-state index in [0.717, 1.165) is 11.3 Å². The summed E-state index contributed by atoms with van der Waals surface area (Å²) in [6.45, 7) is 3.69. The molecule has 0 aliphatic heterocycles. The number of carbonyl (C=O) groups is 1. The first-order valence-electron chi connectivity index (χ1n) is 4.00. The number of carbonyl (C=O) groups excluding carboxylic acids is 1. The fourth-order valence-corrected chi connectivity index (χ4v) is 1.85. The first-order chi connectivity index (χ1) is 5.74. The van der Waals surface area contributed by atoms with Gasteiger partial charge in [0, 0.05) is 11.8 Å². The summed E-state index contributed by atoms with van der Waals surface area (Å²) in [6, 6.07) is 8.02. The van der Waals surface area contributed by atoms with Crippen molar-refractivity contribution >= 4 is 16.9 Å². The molecule has 0 atom stereocenters. The van der Waals surface area contributed by atoms with Crippen molar-refractivity contribution in [3.05, 3.63) is 29.8 Å². The second kappa shape index (κ2) is 4.31. The molecule has 2 heteroatoms. The molecule has 0 unspecified atom stereocenters. The molecule has 0 saturated carbocycles. The summed E-state index contributed by atoms with van der Waals surface area (Å²) in [7, 11) is 0. The molecule has 0 aliphatic rings. The van der Waals surface area contributed by atoms with Gasteiger partial charge in [-0.15, -0.1) is 0 Å². The highest BCUT2D eigenvalue weighted by molar-refractivity contribution is 8.13. The van der Waals surface area contributed by atoms with Crippen LogP contribution in [-0.2, 0) is 11.2 Å². The highest BCUT2D eigenvalue weighted by atomic mass is 32.2. The standard InChI is InChI=1S/C10H12OS/c1-3-9-6-4-5-7-10(9)12-8(2)11/h4-7H,3H2,1-2H3. The SMILES string of the molecule is CCc1ccccc1SC(C)=O. The number of rotatable bonds is 2. The molecule has 0 fully saturated rings. The maximum absolute atomic E-state index is 10.8. The van der Waals surface area contributed by atoms with Crippen LogP contribution in [-0.4, -0.2) is 5.12 Å². The topological polar surface area (TPSA) is 17.1 Å². The quantitative estimate of drug-likeness (QED) is 0.651. The zero-order chi connectivity index (χ0) is 8.97. The van der Waals surface area contributed by atoms with Crippen LogP contribution in [0.3, 0.4) is 0 Å². The van der Waals surface area contributed by atoms with Gasteiger partial charge in [-0.3, -0.25) is 4.79 Å². The average Bonchev–Trinajstić information content (AvgIpc) is 2.04. The minimum Gasteiger partial charge on any atom is -0.287 e. The Morgan fingerprint density at radius 1 is 1.42 bits per heavy atom. The zero-order valence-electron chi connectivity index (χ0n) is 7.33. The van der Waals surface area contributed by atoms with Gasteiger partial charge in [-0.05, 0) is 18.1 Å². The van der Waals surface area contributed by atoms with Crippen LogP contribution in [0.5, 0.6) is 0 Å². The highest BCUT2D eigenvalue weighted by Gasteiger charge is 2.02. The Hall–Kier alpha value is -0.760. The molecule has 0 radical (unpaired) electrons. The van der Waals surface area contributed by atoms with E-state index in [1.807, 2.05) is 18.2 Å². The summed E-state index contributed by atoms with van der Waals surface area (Å²) in [6.07, 6.45) is 0.983. The van der Waals surface area contributed by atoms with E-state index in [1.165, 1.54) is 17.3 Å². The lowest BCUT2D eigenvalue weighted by atomic mass is 10.2. The van der Waals surface area contributed by atoms with Crippen LogP contribution < -0.4 is 0 Å². The minimum atomic E-state index is 0.149. The Balaban J connectivity index is 2.89. The Labute approximate surface area is 77.2 Å². The largest absolute Gasteiger partial charge is 0.287 e. The second-order valence-electron chi connectivity index (χ2n) is 2.55. The molecule has 1 nitrogen and oxygen atoms in total. The van der Waals surface area contributed by atoms with Crippen LogP contribution in [0, 0.1) is 0 Å². The summed E-state index contributed by atoms with van der Waals surface area (Å²) < 4.78 is 0. The predicted octanol–water partition coefficient (Wildman–Crippen LogP) is 2.89. The molecule has 0 spiro atoms. The maximum Gasteiger partial charge on any atom is 0.190 e. The van der Waals surface area contributed by atoms with E-state index in [2.05, 4.69) is 13.0 Å². The smallest absolute Gasteiger partial charge is 0.190 e. The van der Waals surface area contributed by atoms with Gasteiger partial charge in [0.1, 0.15) is 0 Å². The summed E-state index contributed by atoms with van der Waals surface area (Å²) >= 11 is 1.31. The molecule has 1 rings (SSSR count). The number of benzene rings is 1. The molecule has 1 aromatic carbocycles. The first kappa shape index (κ1) is 9.33. The molecular formula is C10H12OS. The van der Waals surface area contributed by atoms with Gasteiger partial charge in [-0.25, -0.2) is 0 Å². The maximum atomic E-state index is 10.8. The van der Waals surface area contributed by atoms with Gasteiger partial charge in [0.15, 0.2) is 5.12 Å². The normalized spacial score (nSPS) is 9.83. The van der Waals surface area contributed by atoms with Crippen LogP contribution in [0.2, 0.25) is 0 Å². The van der Waals surface area contributed by atoms with Gasteiger partial charge in [-0.2, -0.15) is 0 Å². The molecule has 0 saturated heterocycles. The summed E-state index contributed by atoms with van der Waals surface area (Å²) in [5.41, 5.74) is 1.25. The molecule has 0 amide bonds. The molecule has 0 aliphatic carbocycles. The van der Waals surface area contributed by atoms with E-state index in [-0.39, 0.29) is 5.12 Å². The van der Waals surface area contributed by atoms with Gasteiger partial charge in [0.05, 0.1) is 0 Å². The van der Waals surface area contributed by atoms with Gasteiger partial charge >= 0.3 is 0 Å². The van der Waals surface area contributed by atoms with Crippen molar-refractivity contribution in [1.82, 2.24) is 0 Å². The van der Waals surface area contributed by atoms with Crippen LogP contribution in [0.4, 0.5) is 0 Å². The Morgan fingerprint density at radius 2 is 2.08 bits per heavy atom. The van der Waals surface area contributed by atoms with Crippen LogP contribution in [0.15, 0.2) is 29.2 Å². The number of aryl methyl sites for hydroxylation is 1. The van der Waals surface area contributed by atoms with Crippen LogP contribution in [0.25, 0.3) is 0 Å². The predicted molar refractivity (Wildman–Crippen MR) is 52.4 cm³/mol. The number of hydrogen-bond donors (Lipinski definition) is 0. The lowest BCUT2D eigenvalue weighted by Crippen LogP contribution is -1.87. The van der Waals surface area contributed by atoms with Crippen molar-refractivity contribution < 1.29 is 4.79 Å². The third-order valence-corrected chi connectivity index (χ3v) is 2.51. The molecule has 0 aromatic heterocycles. The van der Waals surface area contributed by atoms with Crippen LogP contribution >= 0.6 is 11.8 Å². The minimum absolute atomic E-state index is 0.149. The Morgan fingerprint density at radius 3 is 2.67 bits per heavy atom.